The highest BCUT2D eigenvalue weighted by Gasteiger charge is 2.31. The lowest BCUT2D eigenvalue weighted by Crippen LogP contribution is -2.25. The van der Waals surface area contributed by atoms with Crippen LogP contribution in [0.15, 0.2) is 35.7 Å². The highest BCUT2D eigenvalue weighted by Crippen LogP contribution is 2.39. The van der Waals surface area contributed by atoms with Crippen molar-refractivity contribution in [2.75, 3.05) is 28.2 Å². The lowest BCUT2D eigenvalue weighted by molar-refractivity contribution is 0.548. The molecule has 1 atom stereocenters. The van der Waals surface area contributed by atoms with E-state index in [4.69, 9.17) is 0 Å². The molecule has 2 nitrogen and oxygen atoms in total. The van der Waals surface area contributed by atoms with Gasteiger partial charge in [-0.3, -0.25) is 0 Å². The number of nitrogens with zero attached hydrogens (tertiary/aromatic N) is 2. The van der Waals surface area contributed by atoms with Gasteiger partial charge in [0, 0.05) is 34.4 Å². The van der Waals surface area contributed by atoms with Crippen molar-refractivity contribution >= 4 is 14.1 Å². The normalized spacial score (nSPS) is 22.9. The molecule has 1 aliphatic carbocycles. The van der Waals surface area contributed by atoms with Gasteiger partial charge in [0.1, 0.15) is 0 Å². The van der Waals surface area contributed by atoms with Crippen LogP contribution in [0.5, 0.6) is 0 Å². The molecule has 0 aliphatic heterocycles. The van der Waals surface area contributed by atoms with Crippen molar-refractivity contribution in [2.24, 2.45) is 0 Å². The van der Waals surface area contributed by atoms with Crippen molar-refractivity contribution in [3.63, 3.8) is 0 Å². The molecule has 0 spiro atoms. The third-order valence-corrected chi connectivity index (χ3v) is 7.63. The minimum absolute atomic E-state index is 0.713. The summed E-state index contributed by atoms with van der Waals surface area (Å²) in [5.74, 6) is 0. The minimum atomic E-state index is -0.748. The second kappa shape index (κ2) is 7.82. The van der Waals surface area contributed by atoms with Gasteiger partial charge in [-0.2, -0.15) is 0 Å². The fourth-order valence-electron chi connectivity index (χ4n) is 3.00. The highest BCUT2D eigenvalue weighted by atomic mass is 27.2. The molecule has 1 aliphatic rings. The van der Waals surface area contributed by atoms with Gasteiger partial charge in [-0.25, -0.2) is 0 Å². The molecule has 0 aromatic rings. The van der Waals surface area contributed by atoms with Crippen molar-refractivity contribution < 1.29 is 0 Å². The Labute approximate surface area is 123 Å². The molecule has 0 radical (unpaired) electrons. The number of hydrogen-bond donors (Lipinski definition) is 0. The van der Waals surface area contributed by atoms with E-state index in [-0.39, 0.29) is 0 Å². The van der Waals surface area contributed by atoms with Crippen LogP contribution in [-0.4, -0.2) is 52.1 Å². The molecule has 106 valence electrons. The van der Waals surface area contributed by atoms with Crippen LogP contribution < -0.4 is 0 Å². The van der Waals surface area contributed by atoms with Gasteiger partial charge in [0.25, 0.3) is 14.1 Å². The van der Waals surface area contributed by atoms with E-state index < -0.39 is 14.1 Å². The van der Waals surface area contributed by atoms with Crippen LogP contribution in [0.2, 0.25) is 15.3 Å². The first kappa shape index (κ1) is 16.4. The molecular formula is C16H29AlN2. The topological polar surface area (TPSA) is 6.48 Å². The molecule has 0 N–H and O–H groups in total. The van der Waals surface area contributed by atoms with Crippen molar-refractivity contribution in [3.8, 4) is 0 Å². The molecule has 1 rings (SSSR count). The molecule has 0 bridgehead atoms. The van der Waals surface area contributed by atoms with Gasteiger partial charge < -0.3 is 9.80 Å². The van der Waals surface area contributed by atoms with Crippen LogP contribution >= 0.6 is 0 Å². The Morgan fingerprint density at radius 3 is 2.16 bits per heavy atom. The second-order valence-corrected chi connectivity index (χ2v) is 9.74. The Balaban J connectivity index is 3.17. The maximum absolute atomic E-state index is 2.37. The first-order valence-electron chi connectivity index (χ1n) is 7.41. The first-order chi connectivity index (χ1) is 8.99. The molecule has 0 fully saturated rings. The van der Waals surface area contributed by atoms with Crippen LogP contribution in [-0.2, 0) is 0 Å². The minimum Gasteiger partial charge on any atom is -0.384 e. The smallest absolute Gasteiger partial charge is 0.277 e. The quantitative estimate of drug-likeness (QED) is 0.706. The third-order valence-electron chi connectivity index (χ3n) is 3.77. The monoisotopic (exact) mass is 276 g/mol. The average molecular weight is 276 g/mol. The fourth-order valence-corrected chi connectivity index (χ4v) is 6.09. The zero-order valence-electron chi connectivity index (χ0n) is 13.5. The molecule has 0 amide bonds. The number of rotatable bonds is 5. The van der Waals surface area contributed by atoms with Gasteiger partial charge in [-0.15, -0.1) is 0 Å². The first-order valence-corrected chi connectivity index (χ1v) is 9.71. The Bertz CT molecular complexity index is 363. The van der Waals surface area contributed by atoms with E-state index in [9.17, 15) is 0 Å². The third kappa shape index (κ3) is 4.75. The van der Waals surface area contributed by atoms with Crippen molar-refractivity contribution in [1.29, 1.82) is 0 Å². The Kier molecular flexibility index (Phi) is 6.76. The van der Waals surface area contributed by atoms with E-state index in [1.165, 1.54) is 16.1 Å². The standard InChI is InChI=1S/C12H19N2.2C2H5.Al/c1-13(2)9-11-6-5-7-12(8-11)10-14(3)4;2*1-2;/h5-6,8-10H,7H2,1-4H3;2*1H2,2H3;. The maximum Gasteiger partial charge on any atom is 0.277 e. The summed E-state index contributed by atoms with van der Waals surface area (Å²) < 4.78 is 0.713. The molecule has 0 aromatic heterocycles. The SMILES string of the molecule is C[CH2][Al]([CH2]C)[CH]1C(=CN(C)C)C=CCC1=CN(C)C. The summed E-state index contributed by atoms with van der Waals surface area (Å²) in [5.41, 5.74) is 3.13. The summed E-state index contributed by atoms with van der Waals surface area (Å²) in [4.78, 5) is 4.38. The van der Waals surface area contributed by atoms with E-state index >= 15 is 0 Å². The molecule has 3 heteroatoms. The van der Waals surface area contributed by atoms with Gasteiger partial charge in [0.2, 0.25) is 0 Å². The van der Waals surface area contributed by atoms with Gasteiger partial charge in [-0.05, 0) is 23.0 Å². The van der Waals surface area contributed by atoms with Crippen molar-refractivity contribution in [3.05, 3.63) is 35.7 Å². The van der Waals surface area contributed by atoms with E-state index in [1.807, 2.05) is 0 Å². The Morgan fingerprint density at radius 2 is 1.68 bits per heavy atom. The zero-order valence-corrected chi connectivity index (χ0v) is 14.6. The molecule has 0 aromatic carbocycles. The molecule has 0 saturated carbocycles. The predicted molar refractivity (Wildman–Crippen MR) is 87.8 cm³/mol. The second-order valence-electron chi connectivity index (χ2n) is 5.92. The Hall–Kier alpha value is -0.648. The van der Waals surface area contributed by atoms with Crippen LogP contribution in [0.25, 0.3) is 0 Å². The summed E-state index contributed by atoms with van der Waals surface area (Å²) >= 11 is -0.748. The summed E-state index contributed by atoms with van der Waals surface area (Å²) in [5, 5.41) is 2.76. The van der Waals surface area contributed by atoms with Gasteiger partial charge in [0.05, 0.1) is 0 Å². The van der Waals surface area contributed by atoms with Crippen molar-refractivity contribution in [1.82, 2.24) is 9.80 Å². The maximum atomic E-state index is 2.37. The molecule has 0 heterocycles. The number of allylic oxidation sites excluding steroid dienone is 4. The lowest BCUT2D eigenvalue weighted by Gasteiger charge is -2.30. The van der Waals surface area contributed by atoms with E-state index in [1.54, 1.807) is 5.57 Å². The van der Waals surface area contributed by atoms with Crippen LogP contribution in [0.4, 0.5) is 0 Å². The summed E-state index contributed by atoms with van der Waals surface area (Å²) in [6, 6.07) is 0. The van der Waals surface area contributed by atoms with Crippen LogP contribution in [0.3, 0.4) is 0 Å². The lowest BCUT2D eigenvalue weighted by atomic mass is 9.96. The molecular weight excluding hydrogens is 247 g/mol. The van der Waals surface area contributed by atoms with E-state index in [2.05, 4.69) is 76.4 Å². The fraction of sp³-hybridized carbons (Fsp3) is 0.625. The Morgan fingerprint density at radius 1 is 1.11 bits per heavy atom. The summed E-state index contributed by atoms with van der Waals surface area (Å²) in [7, 11) is 8.50. The highest BCUT2D eigenvalue weighted by molar-refractivity contribution is 6.62. The molecule has 0 saturated heterocycles. The summed E-state index contributed by atoms with van der Waals surface area (Å²) in [6.45, 7) is 4.75. The average Bonchev–Trinajstić information content (AvgIpc) is 2.32. The van der Waals surface area contributed by atoms with Crippen LogP contribution in [0, 0.1) is 0 Å². The molecule has 1 unspecified atom stereocenters. The van der Waals surface area contributed by atoms with Crippen LogP contribution in [0.1, 0.15) is 20.3 Å². The zero-order chi connectivity index (χ0) is 14.4. The van der Waals surface area contributed by atoms with Gasteiger partial charge in [0.15, 0.2) is 0 Å². The predicted octanol–water partition coefficient (Wildman–Crippen LogP) is 3.74. The van der Waals surface area contributed by atoms with Crippen molar-refractivity contribution in [2.45, 2.75) is 35.6 Å². The molecule has 19 heavy (non-hydrogen) atoms. The summed E-state index contributed by atoms with van der Waals surface area (Å²) in [6.07, 6.45) is 10.5. The number of hydrogen-bond acceptors (Lipinski definition) is 2. The van der Waals surface area contributed by atoms with E-state index in [0.717, 1.165) is 6.42 Å². The largest absolute Gasteiger partial charge is 0.384 e. The van der Waals surface area contributed by atoms with Gasteiger partial charge in [-0.1, -0.05) is 42.1 Å². The van der Waals surface area contributed by atoms with Gasteiger partial charge >= 0.3 is 0 Å². The van der Waals surface area contributed by atoms with E-state index in [0.29, 0.717) is 4.78 Å².